The van der Waals surface area contributed by atoms with Gasteiger partial charge in [0.05, 0.1) is 26.4 Å². The van der Waals surface area contributed by atoms with Crippen LogP contribution in [0, 0.1) is 17.8 Å². The number of aliphatic hydroxyl groups is 1. The summed E-state index contributed by atoms with van der Waals surface area (Å²) in [5.74, 6) is 0.149. The highest BCUT2D eigenvalue weighted by atomic mass is 31.2. The Bertz CT molecular complexity index is 1840. The van der Waals surface area contributed by atoms with E-state index < -0.39 is 97.5 Å². The van der Waals surface area contributed by atoms with E-state index in [1.807, 2.05) is 0 Å². The monoisotopic (exact) mass is 1380 g/mol. The molecule has 0 aliphatic rings. The molecule has 19 heteroatoms. The van der Waals surface area contributed by atoms with Crippen molar-refractivity contribution in [3.63, 3.8) is 0 Å². The fraction of sp³-hybridized carbons (Fsp3) is 0.947. The van der Waals surface area contributed by atoms with Crippen LogP contribution in [0.25, 0.3) is 0 Å². The Morgan fingerprint density at radius 3 is 0.723 bits per heavy atom. The molecule has 0 saturated heterocycles. The smallest absolute Gasteiger partial charge is 0.462 e. The number of hydrogen-bond acceptors (Lipinski definition) is 15. The Morgan fingerprint density at radius 1 is 0.287 bits per heavy atom. The highest BCUT2D eigenvalue weighted by Crippen LogP contribution is 2.45. The van der Waals surface area contributed by atoms with Gasteiger partial charge >= 0.3 is 39.5 Å². The van der Waals surface area contributed by atoms with Crippen molar-refractivity contribution in [2.75, 3.05) is 39.6 Å². The van der Waals surface area contributed by atoms with Crippen molar-refractivity contribution in [3.8, 4) is 0 Å². The van der Waals surface area contributed by atoms with Crippen molar-refractivity contribution < 1.29 is 80.2 Å². The minimum Gasteiger partial charge on any atom is -0.462 e. The molecule has 0 fully saturated rings. The summed E-state index contributed by atoms with van der Waals surface area (Å²) in [5, 5.41) is 10.6. The van der Waals surface area contributed by atoms with E-state index in [2.05, 4.69) is 48.5 Å². The quantitative estimate of drug-likeness (QED) is 0.0222. The number of ether oxygens (including phenoxy) is 4. The zero-order chi connectivity index (χ0) is 69.4. The normalized spacial score (nSPS) is 14.1. The summed E-state index contributed by atoms with van der Waals surface area (Å²) in [7, 11) is -9.91. The fourth-order valence-corrected chi connectivity index (χ4v) is 13.0. The van der Waals surface area contributed by atoms with Gasteiger partial charge in [0.25, 0.3) is 0 Å². The highest BCUT2D eigenvalue weighted by Gasteiger charge is 2.30. The zero-order valence-electron chi connectivity index (χ0n) is 61.4. The number of rotatable bonds is 73. The van der Waals surface area contributed by atoms with Crippen LogP contribution < -0.4 is 0 Å². The summed E-state index contributed by atoms with van der Waals surface area (Å²) in [5.41, 5.74) is 0. The van der Waals surface area contributed by atoms with Gasteiger partial charge in [-0.15, -0.1) is 0 Å². The third kappa shape index (κ3) is 68.6. The summed E-state index contributed by atoms with van der Waals surface area (Å²) in [6.07, 6.45) is 51.5. The van der Waals surface area contributed by atoms with Crippen LogP contribution in [0.5, 0.6) is 0 Å². The maximum atomic E-state index is 13.1. The molecule has 0 radical (unpaired) electrons. The van der Waals surface area contributed by atoms with Gasteiger partial charge in [0.1, 0.15) is 19.3 Å². The molecule has 0 aromatic heterocycles. The molecule has 17 nitrogen and oxygen atoms in total. The first kappa shape index (κ1) is 92.1. The van der Waals surface area contributed by atoms with Gasteiger partial charge in [0, 0.05) is 25.7 Å². The summed E-state index contributed by atoms with van der Waals surface area (Å²) in [4.78, 5) is 72.7. The van der Waals surface area contributed by atoms with Gasteiger partial charge in [-0.25, -0.2) is 9.13 Å². The number of aliphatic hydroxyl groups excluding tert-OH is 1. The van der Waals surface area contributed by atoms with Gasteiger partial charge in [-0.05, 0) is 43.4 Å². The highest BCUT2D eigenvalue weighted by molar-refractivity contribution is 7.47. The van der Waals surface area contributed by atoms with Gasteiger partial charge < -0.3 is 33.8 Å². The van der Waals surface area contributed by atoms with Gasteiger partial charge in [0.15, 0.2) is 12.2 Å². The second kappa shape index (κ2) is 65.7. The Balaban J connectivity index is 5.19. The molecule has 0 rings (SSSR count). The number of carbonyl (C=O) groups is 4. The first-order valence-electron chi connectivity index (χ1n) is 38.8. The SMILES string of the molecule is CCCCCCCCCCCCCC(=O)O[C@H](COC(=O)CCCCCCCCCC(C)C)COP(=O)(O)OC[C@H](O)COP(=O)(O)OC[C@@H](COC(=O)CCCCCCCCCCCC(C)C)OC(=O)CCCCCCCCCCCCCCCCCCCCC(C)C. The van der Waals surface area contributed by atoms with Crippen LogP contribution in [0.15, 0.2) is 0 Å². The summed E-state index contributed by atoms with van der Waals surface area (Å²) < 4.78 is 68.4. The first-order valence-corrected chi connectivity index (χ1v) is 41.8. The zero-order valence-corrected chi connectivity index (χ0v) is 63.2. The Kier molecular flexibility index (Phi) is 64.3. The predicted octanol–water partition coefficient (Wildman–Crippen LogP) is 21.8. The van der Waals surface area contributed by atoms with Crippen molar-refractivity contribution >= 4 is 39.5 Å². The average molecular weight is 1380 g/mol. The second-order valence-electron chi connectivity index (χ2n) is 28.5. The first-order chi connectivity index (χ1) is 45.2. The van der Waals surface area contributed by atoms with E-state index in [9.17, 15) is 43.2 Å². The predicted molar refractivity (Wildman–Crippen MR) is 381 cm³/mol. The maximum Gasteiger partial charge on any atom is 0.472 e. The number of phosphoric ester groups is 2. The third-order valence-electron chi connectivity index (χ3n) is 17.4. The van der Waals surface area contributed by atoms with Gasteiger partial charge in [-0.2, -0.15) is 0 Å². The van der Waals surface area contributed by atoms with Crippen molar-refractivity contribution in [1.29, 1.82) is 0 Å². The molecule has 0 heterocycles. The van der Waals surface area contributed by atoms with E-state index in [0.29, 0.717) is 31.6 Å². The van der Waals surface area contributed by atoms with Gasteiger partial charge in [-0.1, -0.05) is 331 Å². The van der Waals surface area contributed by atoms with Crippen LogP contribution >= 0.6 is 15.6 Å². The molecule has 0 spiro atoms. The lowest BCUT2D eigenvalue weighted by molar-refractivity contribution is -0.161. The van der Waals surface area contributed by atoms with Crippen molar-refractivity contribution in [1.82, 2.24) is 0 Å². The van der Waals surface area contributed by atoms with Crippen molar-refractivity contribution in [2.24, 2.45) is 17.8 Å². The molecule has 0 saturated carbocycles. The largest absolute Gasteiger partial charge is 0.472 e. The number of phosphoric acid groups is 2. The van der Waals surface area contributed by atoms with E-state index in [1.54, 1.807) is 0 Å². The van der Waals surface area contributed by atoms with Crippen LogP contribution in [0.1, 0.15) is 382 Å². The number of unbranched alkanes of at least 4 members (excludes halogenated alkanes) is 41. The van der Waals surface area contributed by atoms with E-state index in [0.717, 1.165) is 108 Å². The van der Waals surface area contributed by atoms with E-state index >= 15 is 0 Å². The molecule has 94 heavy (non-hydrogen) atoms. The van der Waals surface area contributed by atoms with Crippen LogP contribution in [0.2, 0.25) is 0 Å². The summed E-state index contributed by atoms with van der Waals surface area (Å²) in [6.45, 7) is 11.8. The topological polar surface area (TPSA) is 237 Å². The lowest BCUT2D eigenvalue weighted by Gasteiger charge is -2.21. The lowest BCUT2D eigenvalue weighted by atomic mass is 10.0. The summed E-state index contributed by atoms with van der Waals surface area (Å²) >= 11 is 0. The van der Waals surface area contributed by atoms with Gasteiger partial charge in [0.2, 0.25) is 0 Å². The minimum absolute atomic E-state index is 0.106. The van der Waals surface area contributed by atoms with E-state index in [-0.39, 0.29) is 25.7 Å². The molecule has 0 aliphatic heterocycles. The Morgan fingerprint density at radius 2 is 0.489 bits per heavy atom. The molecule has 3 N–H and O–H groups in total. The average Bonchev–Trinajstić information content (AvgIpc) is 1.30. The van der Waals surface area contributed by atoms with Gasteiger partial charge in [-0.3, -0.25) is 37.3 Å². The van der Waals surface area contributed by atoms with Crippen LogP contribution in [-0.4, -0.2) is 96.7 Å². The molecular weight excluding hydrogens is 1230 g/mol. The van der Waals surface area contributed by atoms with Crippen LogP contribution in [0.4, 0.5) is 0 Å². The number of hydrogen-bond donors (Lipinski definition) is 3. The number of carbonyl (C=O) groups excluding carboxylic acids is 4. The maximum absolute atomic E-state index is 13.1. The molecule has 0 aromatic carbocycles. The molecule has 558 valence electrons. The Hall–Kier alpha value is -1.94. The Labute approximate surface area is 575 Å². The molecule has 2 unspecified atom stereocenters. The molecule has 0 aromatic rings. The second-order valence-corrected chi connectivity index (χ2v) is 31.4. The molecule has 0 amide bonds. The minimum atomic E-state index is -4.96. The van der Waals surface area contributed by atoms with Crippen molar-refractivity contribution in [2.45, 2.75) is 401 Å². The molecular formula is C75H146O17P2. The van der Waals surface area contributed by atoms with E-state index in [1.165, 1.54) is 186 Å². The summed E-state index contributed by atoms with van der Waals surface area (Å²) in [6, 6.07) is 0. The lowest BCUT2D eigenvalue weighted by Crippen LogP contribution is -2.30. The van der Waals surface area contributed by atoms with Crippen LogP contribution in [0.3, 0.4) is 0 Å². The molecule has 5 atom stereocenters. The third-order valence-corrected chi connectivity index (χ3v) is 19.3. The molecule has 0 aliphatic carbocycles. The fourth-order valence-electron chi connectivity index (χ4n) is 11.4. The van der Waals surface area contributed by atoms with Crippen molar-refractivity contribution in [3.05, 3.63) is 0 Å². The van der Waals surface area contributed by atoms with E-state index in [4.69, 9.17) is 37.0 Å². The standard InChI is InChI=1S/C75H146O17P2/c1-8-9-10-11-12-13-22-28-36-44-51-58-74(79)92-71(63-86-73(78)57-50-43-38-31-34-41-48-55-68(6)7)65-90-94(83,84)88-61-69(76)60-87-93(81,82)89-64-70(62-85-72(77)56-49-42-35-30-25-27-33-40-47-54-67(4)5)91-75(80)59-52-45-37-29-24-21-19-17-15-14-16-18-20-23-26-32-39-46-53-66(2)3/h66-71,76H,8-65H2,1-7H3,(H,81,82)(H,83,84)/t69-,70-,71-/m1/s1. The van der Waals surface area contributed by atoms with Crippen LogP contribution in [-0.2, 0) is 65.4 Å². The number of esters is 4. The molecule has 0 bridgehead atoms.